The third-order valence-electron chi connectivity index (χ3n) is 4.23. The zero-order valence-electron chi connectivity index (χ0n) is 13.4. The van der Waals surface area contributed by atoms with Gasteiger partial charge in [-0.25, -0.2) is 0 Å². The Hall–Kier alpha value is -1.74. The summed E-state index contributed by atoms with van der Waals surface area (Å²) in [6, 6.07) is 7.04. The van der Waals surface area contributed by atoms with Crippen molar-refractivity contribution in [1.29, 1.82) is 0 Å². The van der Waals surface area contributed by atoms with Gasteiger partial charge in [-0.15, -0.1) is 0 Å². The normalized spacial score (nSPS) is 21.4. The molecule has 0 spiro atoms. The maximum absolute atomic E-state index is 6.09. The minimum Gasteiger partial charge on any atom is -0.368 e. The molecule has 1 aliphatic rings. The molecule has 1 aliphatic heterocycles. The summed E-state index contributed by atoms with van der Waals surface area (Å²) in [5.41, 5.74) is 11.1. The van der Waals surface area contributed by atoms with Crippen LogP contribution in [0.5, 0.6) is 0 Å². The van der Waals surface area contributed by atoms with E-state index in [4.69, 9.17) is 5.73 Å². The lowest BCUT2D eigenvalue weighted by Gasteiger charge is -2.29. The average molecular weight is 285 g/mol. The van der Waals surface area contributed by atoms with Crippen molar-refractivity contribution >= 4 is 0 Å². The molecule has 3 N–H and O–H groups in total. The van der Waals surface area contributed by atoms with Crippen molar-refractivity contribution in [2.45, 2.75) is 45.8 Å². The number of hydrogen-bond donors (Lipinski definition) is 2. The van der Waals surface area contributed by atoms with E-state index in [9.17, 15) is 0 Å². The summed E-state index contributed by atoms with van der Waals surface area (Å²) in [5, 5.41) is 3.44. The summed E-state index contributed by atoms with van der Waals surface area (Å²) in [6.07, 6.45) is 0.958. The van der Waals surface area contributed by atoms with Crippen molar-refractivity contribution in [3.63, 3.8) is 0 Å². The van der Waals surface area contributed by atoms with Crippen LogP contribution in [-0.4, -0.2) is 23.5 Å². The van der Waals surface area contributed by atoms with Gasteiger partial charge < -0.3 is 16.0 Å². The highest BCUT2D eigenvalue weighted by Crippen LogP contribution is 2.24. The molecule has 1 aromatic carbocycles. The fourth-order valence-electron chi connectivity index (χ4n) is 2.98. The van der Waals surface area contributed by atoms with E-state index in [-0.39, 0.29) is 6.04 Å². The molecule has 0 amide bonds. The molecule has 0 bridgehead atoms. The summed E-state index contributed by atoms with van der Waals surface area (Å²) in [6.45, 7) is 16.2. The van der Waals surface area contributed by atoms with Gasteiger partial charge in [0, 0.05) is 19.1 Å². The first-order valence-corrected chi connectivity index (χ1v) is 7.55. The summed E-state index contributed by atoms with van der Waals surface area (Å²) < 4.78 is 0. The number of nitrogens with two attached hydrogens (primary N) is 1. The Morgan fingerprint density at radius 1 is 1.38 bits per heavy atom. The molecule has 3 heteroatoms. The first-order valence-electron chi connectivity index (χ1n) is 7.55. The molecule has 2 rings (SSSR count). The SMILES string of the molecule is C=C(C)C1CC(N)CN1C(=C)NCc1ccc(C)cc1C. The van der Waals surface area contributed by atoms with Crippen LogP contribution in [0.4, 0.5) is 0 Å². The van der Waals surface area contributed by atoms with Crippen LogP contribution in [0, 0.1) is 13.8 Å². The number of hydrogen-bond acceptors (Lipinski definition) is 3. The van der Waals surface area contributed by atoms with Gasteiger partial charge >= 0.3 is 0 Å². The van der Waals surface area contributed by atoms with Crippen LogP contribution in [0.2, 0.25) is 0 Å². The molecular formula is C18H27N3. The Kier molecular flexibility index (Phi) is 4.73. The topological polar surface area (TPSA) is 41.3 Å². The summed E-state index contributed by atoms with van der Waals surface area (Å²) in [4.78, 5) is 2.25. The van der Waals surface area contributed by atoms with Crippen molar-refractivity contribution in [3.8, 4) is 0 Å². The molecule has 0 aliphatic carbocycles. The highest BCUT2D eigenvalue weighted by atomic mass is 15.3. The lowest BCUT2D eigenvalue weighted by molar-refractivity contribution is 0.327. The van der Waals surface area contributed by atoms with E-state index in [0.717, 1.165) is 30.9 Å². The molecule has 21 heavy (non-hydrogen) atoms. The molecular weight excluding hydrogens is 258 g/mol. The number of nitrogens with one attached hydrogen (secondary N) is 1. The fraction of sp³-hybridized carbons (Fsp3) is 0.444. The lowest BCUT2D eigenvalue weighted by Crippen LogP contribution is -2.36. The first-order chi connectivity index (χ1) is 9.88. The second kappa shape index (κ2) is 6.35. The number of nitrogens with zero attached hydrogens (tertiary/aromatic N) is 1. The van der Waals surface area contributed by atoms with Crippen molar-refractivity contribution in [2.24, 2.45) is 5.73 Å². The van der Waals surface area contributed by atoms with E-state index in [1.54, 1.807) is 0 Å². The van der Waals surface area contributed by atoms with Gasteiger partial charge in [0.2, 0.25) is 0 Å². The van der Waals surface area contributed by atoms with Crippen LogP contribution in [0.1, 0.15) is 30.0 Å². The number of benzene rings is 1. The standard InChI is InChI=1S/C18H27N3/c1-12(2)18-9-17(19)11-21(18)15(5)20-10-16-7-6-13(3)8-14(16)4/h6-8,17-18,20H,1,5,9-11,19H2,2-4H3. The van der Waals surface area contributed by atoms with Crippen molar-refractivity contribution in [1.82, 2.24) is 10.2 Å². The van der Waals surface area contributed by atoms with Crippen LogP contribution in [-0.2, 0) is 6.54 Å². The lowest BCUT2D eigenvalue weighted by atomic mass is 10.1. The molecule has 1 fully saturated rings. The minimum atomic E-state index is 0.200. The van der Waals surface area contributed by atoms with E-state index in [1.807, 2.05) is 0 Å². The van der Waals surface area contributed by atoms with Crippen LogP contribution in [0.3, 0.4) is 0 Å². The second-order valence-corrected chi connectivity index (χ2v) is 6.24. The maximum atomic E-state index is 6.09. The largest absolute Gasteiger partial charge is 0.368 e. The van der Waals surface area contributed by atoms with Gasteiger partial charge in [-0.1, -0.05) is 42.5 Å². The Bertz CT molecular complexity index is 547. The van der Waals surface area contributed by atoms with E-state index in [1.165, 1.54) is 16.7 Å². The molecule has 0 aromatic heterocycles. The maximum Gasteiger partial charge on any atom is 0.0947 e. The minimum absolute atomic E-state index is 0.200. The predicted octanol–water partition coefficient (Wildman–Crippen LogP) is 2.84. The molecule has 2 unspecified atom stereocenters. The van der Waals surface area contributed by atoms with Crippen LogP contribution in [0.15, 0.2) is 42.8 Å². The van der Waals surface area contributed by atoms with Gasteiger partial charge in [0.15, 0.2) is 0 Å². The number of rotatable bonds is 5. The van der Waals surface area contributed by atoms with Gasteiger partial charge in [-0.2, -0.15) is 0 Å². The molecule has 1 heterocycles. The number of aryl methyl sites for hydroxylation is 2. The third-order valence-corrected chi connectivity index (χ3v) is 4.23. The van der Waals surface area contributed by atoms with Crippen molar-refractivity contribution in [3.05, 3.63) is 59.4 Å². The monoisotopic (exact) mass is 285 g/mol. The predicted molar refractivity (Wildman–Crippen MR) is 89.8 cm³/mol. The zero-order valence-corrected chi connectivity index (χ0v) is 13.4. The van der Waals surface area contributed by atoms with Gasteiger partial charge in [0.25, 0.3) is 0 Å². The van der Waals surface area contributed by atoms with Crippen LogP contribution >= 0.6 is 0 Å². The third kappa shape index (κ3) is 3.67. The zero-order chi connectivity index (χ0) is 15.6. The van der Waals surface area contributed by atoms with Gasteiger partial charge in [-0.05, 0) is 38.3 Å². The van der Waals surface area contributed by atoms with Crippen molar-refractivity contribution < 1.29 is 0 Å². The van der Waals surface area contributed by atoms with Crippen LogP contribution in [0.25, 0.3) is 0 Å². The Morgan fingerprint density at radius 3 is 2.71 bits per heavy atom. The molecule has 3 nitrogen and oxygen atoms in total. The van der Waals surface area contributed by atoms with Gasteiger partial charge in [-0.3, -0.25) is 0 Å². The Labute approximate surface area is 128 Å². The molecule has 2 atom stereocenters. The molecule has 0 saturated carbocycles. The summed E-state index contributed by atoms with van der Waals surface area (Å²) in [7, 11) is 0. The molecule has 1 saturated heterocycles. The molecule has 0 radical (unpaired) electrons. The van der Waals surface area contributed by atoms with E-state index in [0.29, 0.717) is 6.04 Å². The average Bonchev–Trinajstić information content (AvgIpc) is 2.80. The molecule has 114 valence electrons. The van der Waals surface area contributed by atoms with Gasteiger partial charge in [0.1, 0.15) is 0 Å². The van der Waals surface area contributed by atoms with Gasteiger partial charge in [0.05, 0.1) is 11.9 Å². The molecule has 1 aromatic rings. The highest BCUT2D eigenvalue weighted by Gasteiger charge is 2.31. The Morgan fingerprint density at radius 2 is 2.10 bits per heavy atom. The second-order valence-electron chi connectivity index (χ2n) is 6.24. The quantitative estimate of drug-likeness (QED) is 0.817. The first kappa shape index (κ1) is 15.6. The Balaban J connectivity index is 1.99. The number of likely N-dealkylation sites (tertiary alicyclic amines) is 1. The van der Waals surface area contributed by atoms with E-state index in [2.05, 4.69) is 62.3 Å². The van der Waals surface area contributed by atoms with Crippen molar-refractivity contribution in [2.75, 3.05) is 6.54 Å². The van der Waals surface area contributed by atoms with E-state index < -0.39 is 0 Å². The van der Waals surface area contributed by atoms with E-state index >= 15 is 0 Å². The summed E-state index contributed by atoms with van der Waals surface area (Å²) in [5.74, 6) is 0.941. The summed E-state index contributed by atoms with van der Waals surface area (Å²) >= 11 is 0. The highest BCUT2D eigenvalue weighted by molar-refractivity contribution is 5.30. The van der Waals surface area contributed by atoms with Crippen LogP contribution < -0.4 is 11.1 Å². The fourth-order valence-corrected chi connectivity index (χ4v) is 2.98. The smallest absolute Gasteiger partial charge is 0.0947 e.